The summed E-state index contributed by atoms with van der Waals surface area (Å²) in [5, 5.41) is 15.8. The Morgan fingerprint density at radius 2 is 2.00 bits per heavy atom. The third-order valence-electron chi connectivity index (χ3n) is 5.94. The lowest BCUT2D eigenvalue weighted by atomic mass is 10.0. The summed E-state index contributed by atoms with van der Waals surface area (Å²) >= 11 is 1.68. The number of thiophene rings is 1. The zero-order valence-corrected chi connectivity index (χ0v) is 21.0. The van der Waals surface area contributed by atoms with Gasteiger partial charge in [-0.25, -0.2) is 4.68 Å². The maximum Gasteiger partial charge on any atom is 0.253 e. The van der Waals surface area contributed by atoms with Gasteiger partial charge in [0.1, 0.15) is 11.8 Å². The van der Waals surface area contributed by atoms with Crippen molar-refractivity contribution in [3.05, 3.63) is 98.1 Å². The molecule has 0 amide bonds. The Kier molecular flexibility index (Phi) is 6.12. The molecule has 0 saturated heterocycles. The van der Waals surface area contributed by atoms with E-state index in [1.54, 1.807) is 22.3 Å². The number of hydrogen-bond acceptors (Lipinski definition) is 7. The van der Waals surface area contributed by atoms with Gasteiger partial charge >= 0.3 is 0 Å². The number of rotatable bonds is 7. The zero-order valence-electron chi connectivity index (χ0n) is 20.2. The van der Waals surface area contributed by atoms with E-state index in [-0.39, 0.29) is 11.1 Å². The average molecular weight is 489 g/mol. The Labute approximate surface area is 207 Å². The lowest BCUT2D eigenvalue weighted by Crippen LogP contribution is -2.37. The summed E-state index contributed by atoms with van der Waals surface area (Å²) in [5.41, 5.74) is 1.95. The minimum Gasteiger partial charge on any atom is -0.468 e. The first-order chi connectivity index (χ1) is 16.8. The first-order valence-corrected chi connectivity index (χ1v) is 12.4. The quantitative estimate of drug-likeness (QED) is 0.346. The maximum absolute atomic E-state index is 13.6. The van der Waals surface area contributed by atoms with Crippen LogP contribution in [0.3, 0.4) is 0 Å². The van der Waals surface area contributed by atoms with Crippen LogP contribution < -0.4 is 5.56 Å². The highest BCUT2D eigenvalue weighted by atomic mass is 32.1. The Hall–Kier alpha value is -3.56. The molecule has 0 bridgehead atoms. The third kappa shape index (κ3) is 4.82. The van der Waals surface area contributed by atoms with Crippen LogP contribution in [0, 0.1) is 6.92 Å². The molecule has 0 spiro atoms. The molecule has 0 unspecified atom stereocenters. The van der Waals surface area contributed by atoms with Crippen LogP contribution >= 0.6 is 11.3 Å². The van der Waals surface area contributed by atoms with Crippen LogP contribution in [0.2, 0.25) is 0 Å². The van der Waals surface area contributed by atoms with Crippen LogP contribution in [0.1, 0.15) is 54.4 Å². The van der Waals surface area contributed by atoms with Crippen molar-refractivity contribution in [3.63, 3.8) is 0 Å². The summed E-state index contributed by atoms with van der Waals surface area (Å²) in [7, 11) is 0. The van der Waals surface area contributed by atoms with Gasteiger partial charge in [-0.15, -0.1) is 16.4 Å². The Morgan fingerprint density at radius 3 is 2.71 bits per heavy atom. The van der Waals surface area contributed by atoms with Crippen molar-refractivity contribution in [1.29, 1.82) is 0 Å². The standard InChI is InChI=1S/C26H28N6O2S/c1-17-9-10-18-14-21(25(33)27-22(18)13-17)23(24-28-29-30-32(24)26(2,3)4)31(15-19-7-5-11-34-19)16-20-8-6-12-35-20/h5-14,23H,15-16H2,1-4H3,(H,27,33)/t23-/m0/s1. The second-order valence-electron chi connectivity index (χ2n) is 9.73. The lowest BCUT2D eigenvalue weighted by molar-refractivity contribution is 0.173. The smallest absolute Gasteiger partial charge is 0.253 e. The molecule has 35 heavy (non-hydrogen) atoms. The number of benzene rings is 1. The number of aromatic nitrogens is 5. The number of H-pyrrole nitrogens is 1. The molecule has 1 aromatic carbocycles. The largest absolute Gasteiger partial charge is 0.468 e. The predicted octanol–water partition coefficient (Wildman–Crippen LogP) is 5.02. The summed E-state index contributed by atoms with van der Waals surface area (Å²) in [6.07, 6.45) is 1.66. The minimum atomic E-state index is -0.508. The van der Waals surface area contributed by atoms with E-state index in [9.17, 15) is 4.79 Å². The first kappa shape index (κ1) is 23.2. The number of tetrazole rings is 1. The molecular formula is C26H28N6O2S. The van der Waals surface area contributed by atoms with E-state index in [0.29, 0.717) is 24.5 Å². The van der Waals surface area contributed by atoms with Crippen LogP contribution in [0.5, 0.6) is 0 Å². The van der Waals surface area contributed by atoms with E-state index >= 15 is 0 Å². The van der Waals surface area contributed by atoms with Gasteiger partial charge < -0.3 is 9.40 Å². The topological polar surface area (TPSA) is 92.8 Å². The van der Waals surface area contributed by atoms with E-state index in [1.165, 1.54) is 4.88 Å². The fourth-order valence-corrected chi connectivity index (χ4v) is 5.05. The van der Waals surface area contributed by atoms with Gasteiger partial charge in [0, 0.05) is 22.5 Å². The van der Waals surface area contributed by atoms with Crippen molar-refractivity contribution in [2.24, 2.45) is 0 Å². The summed E-state index contributed by atoms with van der Waals surface area (Å²) in [5.74, 6) is 1.41. The first-order valence-electron chi connectivity index (χ1n) is 11.5. The van der Waals surface area contributed by atoms with Crippen LogP contribution in [0.25, 0.3) is 10.9 Å². The van der Waals surface area contributed by atoms with E-state index in [0.717, 1.165) is 22.2 Å². The van der Waals surface area contributed by atoms with Crippen molar-refractivity contribution in [2.75, 3.05) is 0 Å². The molecule has 0 aliphatic rings. The number of aryl methyl sites for hydroxylation is 1. The summed E-state index contributed by atoms with van der Waals surface area (Å²) < 4.78 is 7.52. The number of aromatic amines is 1. The zero-order chi connectivity index (χ0) is 24.6. The summed E-state index contributed by atoms with van der Waals surface area (Å²) in [4.78, 5) is 20.0. The van der Waals surface area contributed by atoms with Gasteiger partial charge in [0.15, 0.2) is 5.82 Å². The molecule has 1 atom stereocenters. The van der Waals surface area contributed by atoms with Gasteiger partial charge in [-0.05, 0) is 84.8 Å². The number of nitrogens with zero attached hydrogens (tertiary/aromatic N) is 5. The lowest BCUT2D eigenvalue weighted by Gasteiger charge is -2.32. The van der Waals surface area contributed by atoms with Crippen LogP contribution in [0.15, 0.2) is 69.4 Å². The highest BCUT2D eigenvalue weighted by molar-refractivity contribution is 7.09. The summed E-state index contributed by atoms with van der Waals surface area (Å²) in [6, 6.07) is 15.5. The van der Waals surface area contributed by atoms with E-state index < -0.39 is 6.04 Å². The molecule has 0 fully saturated rings. The normalized spacial score (nSPS) is 13.1. The molecule has 9 heteroatoms. The fourth-order valence-electron chi connectivity index (χ4n) is 4.32. The average Bonchev–Trinajstić information content (AvgIpc) is 3.57. The molecule has 0 aliphatic heterocycles. The molecule has 4 heterocycles. The highest BCUT2D eigenvalue weighted by Crippen LogP contribution is 2.32. The predicted molar refractivity (Wildman–Crippen MR) is 136 cm³/mol. The minimum absolute atomic E-state index is 0.160. The maximum atomic E-state index is 13.6. The fraction of sp³-hybridized carbons (Fsp3) is 0.308. The molecule has 0 radical (unpaired) electrons. The molecule has 0 saturated carbocycles. The monoisotopic (exact) mass is 488 g/mol. The van der Waals surface area contributed by atoms with Crippen molar-refractivity contribution < 1.29 is 4.42 Å². The van der Waals surface area contributed by atoms with E-state index in [4.69, 9.17) is 4.42 Å². The van der Waals surface area contributed by atoms with E-state index in [1.807, 2.05) is 70.2 Å². The van der Waals surface area contributed by atoms with Crippen LogP contribution in [0.4, 0.5) is 0 Å². The third-order valence-corrected chi connectivity index (χ3v) is 6.80. The molecule has 0 aliphatic carbocycles. The highest BCUT2D eigenvalue weighted by Gasteiger charge is 2.34. The second-order valence-corrected chi connectivity index (χ2v) is 10.8. The van der Waals surface area contributed by atoms with Gasteiger partial charge in [0.05, 0.1) is 18.3 Å². The number of nitrogens with one attached hydrogen (secondary N) is 1. The Bertz CT molecular complexity index is 1440. The SMILES string of the molecule is Cc1ccc2cc([C@@H](c3nnnn3C(C)(C)C)N(Cc3ccco3)Cc3cccs3)c(=O)[nH]c2c1. The molecule has 4 aromatic heterocycles. The molecule has 5 aromatic rings. The summed E-state index contributed by atoms with van der Waals surface area (Å²) in [6.45, 7) is 9.25. The van der Waals surface area contributed by atoms with Gasteiger partial charge in [0.2, 0.25) is 0 Å². The number of fused-ring (bicyclic) bond motifs is 1. The molecular weight excluding hydrogens is 460 g/mol. The van der Waals surface area contributed by atoms with Gasteiger partial charge in [-0.1, -0.05) is 18.2 Å². The number of hydrogen-bond donors (Lipinski definition) is 1. The van der Waals surface area contributed by atoms with Gasteiger partial charge in [0.25, 0.3) is 5.56 Å². The Morgan fingerprint density at radius 1 is 1.14 bits per heavy atom. The second kappa shape index (κ2) is 9.24. The number of pyridine rings is 1. The van der Waals surface area contributed by atoms with Crippen molar-refractivity contribution >= 4 is 22.2 Å². The van der Waals surface area contributed by atoms with Crippen LogP contribution in [-0.4, -0.2) is 30.1 Å². The van der Waals surface area contributed by atoms with Crippen molar-refractivity contribution in [2.45, 2.75) is 52.4 Å². The van der Waals surface area contributed by atoms with Crippen LogP contribution in [-0.2, 0) is 18.6 Å². The van der Waals surface area contributed by atoms with Gasteiger partial charge in [-0.3, -0.25) is 9.69 Å². The number of furan rings is 1. The molecule has 1 N–H and O–H groups in total. The molecule has 5 rings (SSSR count). The molecule has 180 valence electrons. The molecule has 8 nitrogen and oxygen atoms in total. The van der Waals surface area contributed by atoms with Crippen molar-refractivity contribution in [1.82, 2.24) is 30.1 Å². The van der Waals surface area contributed by atoms with E-state index in [2.05, 4.69) is 36.9 Å². The Balaban J connectivity index is 1.72. The van der Waals surface area contributed by atoms with Gasteiger partial charge in [-0.2, -0.15) is 0 Å². The van der Waals surface area contributed by atoms with Crippen molar-refractivity contribution in [3.8, 4) is 0 Å².